The van der Waals surface area contributed by atoms with Gasteiger partial charge in [-0.2, -0.15) is 5.10 Å². The van der Waals surface area contributed by atoms with Crippen LogP contribution in [0.25, 0.3) is 0 Å². The molecule has 0 spiro atoms. The molecule has 1 rings (SSSR count). The Morgan fingerprint density at radius 1 is 1.62 bits per heavy atom. The number of aromatic nitrogens is 1. The number of nitrogens with zero attached hydrogens (tertiary/aromatic N) is 2. The number of primary amides is 1. The van der Waals surface area contributed by atoms with Crippen LogP contribution in [0.4, 0.5) is 0 Å². The van der Waals surface area contributed by atoms with Gasteiger partial charge in [-0.3, -0.25) is 4.79 Å². The largest absolute Gasteiger partial charge is 0.364 e. The highest BCUT2D eigenvalue weighted by Crippen LogP contribution is 2.07. The number of nitrogens with two attached hydrogens (primary N) is 2. The number of hydrogen-bond donors (Lipinski definition) is 2. The SMILES string of the molecule is C/C(=N/N)c1cc(C(N)=O)n(C)c1. The highest BCUT2D eigenvalue weighted by atomic mass is 16.1. The van der Waals surface area contributed by atoms with Crippen LogP contribution in [0.15, 0.2) is 17.4 Å². The molecule has 1 amide bonds. The Hall–Kier alpha value is -1.78. The molecule has 4 N–H and O–H groups in total. The molecule has 1 aromatic rings. The van der Waals surface area contributed by atoms with Crippen LogP contribution in [0.2, 0.25) is 0 Å². The van der Waals surface area contributed by atoms with E-state index in [1.54, 1.807) is 30.8 Å². The van der Waals surface area contributed by atoms with Crippen LogP contribution >= 0.6 is 0 Å². The van der Waals surface area contributed by atoms with Crippen molar-refractivity contribution in [3.8, 4) is 0 Å². The number of hydrazone groups is 1. The van der Waals surface area contributed by atoms with E-state index in [9.17, 15) is 4.79 Å². The molecule has 13 heavy (non-hydrogen) atoms. The molecule has 0 saturated carbocycles. The minimum absolute atomic E-state index is 0.443. The molecule has 1 heterocycles. The molecule has 5 nitrogen and oxygen atoms in total. The molecule has 0 radical (unpaired) electrons. The second kappa shape index (κ2) is 3.30. The molecule has 0 saturated heterocycles. The molecule has 0 aromatic carbocycles. The van der Waals surface area contributed by atoms with Gasteiger partial charge in [0.15, 0.2) is 0 Å². The zero-order chi connectivity index (χ0) is 10.0. The summed E-state index contributed by atoms with van der Waals surface area (Å²) in [5.41, 5.74) is 7.06. The van der Waals surface area contributed by atoms with Gasteiger partial charge in [-0.25, -0.2) is 0 Å². The summed E-state index contributed by atoms with van der Waals surface area (Å²) in [5, 5.41) is 3.52. The zero-order valence-corrected chi connectivity index (χ0v) is 7.61. The predicted octanol–water partition coefficient (Wildman–Crippen LogP) is -0.193. The first-order chi connectivity index (χ1) is 6.06. The van der Waals surface area contributed by atoms with Gasteiger partial charge in [-0.15, -0.1) is 0 Å². The normalized spacial score (nSPS) is 11.7. The van der Waals surface area contributed by atoms with Crippen LogP contribution in [-0.4, -0.2) is 16.2 Å². The smallest absolute Gasteiger partial charge is 0.265 e. The van der Waals surface area contributed by atoms with Crippen molar-refractivity contribution in [2.45, 2.75) is 6.92 Å². The second-order valence-electron chi connectivity index (χ2n) is 2.80. The van der Waals surface area contributed by atoms with E-state index in [1.165, 1.54) is 0 Å². The Bertz CT molecular complexity index is 364. The predicted molar refractivity (Wildman–Crippen MR) is 50.3 cm³/mol. The molecule has 5 heteroatoms. The Kier molecular flexibility index (Phi) is 2.36. The lowest BCUT2D eigenvalue weighted by Crippen LogP contribution is -2.14. The molecule has 0 aliphatic rings. The topological polar surface area (TPSA) is 86.4 Å². The fourth-order valence-electron chi connectivity index (χ4n) is 1.08. The number of hydrogen-bond acceptors (Lipinski definition) is 3. The van der Waals surface area contributed by atoms with Crippen LogP contribution in [0.1, 0.15) is 23.0 Å². The number of carbonyl (C=O) groups is 1. The summed E-state index contributed by atoms with van der Waals surface area (Å²) in [6.07, 6.45) is 1.76. The van der Waals surface area contributed by atoms with E-state index in [4.69, 9.17) is 11.6 Å². The molecule has 0 atom stereocenters. The Morgan fingerprint density at radius 3 is 2.62 bits per heavy atom. The number of aryl methyl sites for hydroxylation is 1. The van der Waals surface area contributed by atoms with Gasteiger partial charge in [0.05, 0.1) is 5.71 Å². The summed E-state index contributed by atoms with van der Waals surface area (Å²) in [5.74, 6) is 4.64. The van der Waals surface area contributed by atoms with Crippen LogP contribution < -0.4 is 11.6 Å². The average Bonchev–Trinajstić information content (AvgIpc) is 2.46. The molecular formula is C8H12N4O. The molecule has 70 valence electrons. The van der Waals surface area contributed by atoms with E-state index in [0.717, 1.165) is 5.56 Å². The third-order valence-electron chi connectivity index (χ3n) is 1.87. The summed E-state index contributed by atoms with van der Waals surface area (Å²) >= 11 is 0. The first kappa shape index (κ1) is 9.31. The molecule has 0 aliphatic carbocycles. The standard InChI is InChI=1S/C8H12N4O/c1-5(11-10)6-3-7(8(9)13)12(2)4-6/h3-4H,10H2,1-2H3,(H2,9,13)/b11-5-. The summed E-state index contributed by atoms with van der Waals surface area (Å²) < 4.78 is 1.65. The number of amides is 1. The summed E-state index contributed by atoms with van der Waals surface area (Å²) in [6, 6.07) is 1.66. The van der Waals surface area contributed by atoms with Crippen molar-refractivity contribution in [3.05, 3.63) is 23.5 Å². The van der Waals surface area contributed by atoms with E-state index in [1.807, 2.05) is 0 Å². The highest BCUT2D eigenvalue weighted by molar-refractivity contribution is 6.01. The quantitative estimate of drug-likeness (QED) is 0.375. The second-order valence-corrected chi connectivity index (χ2v) is 2.80. The van der Waals surface area contributed by atoms with Crippen LogP contribution in [0.3, 0.4) is 0 Å². The van der Waals surface area contributed by atoms with E-state index in [-0.39, 0.29) is 0 Å². The van der Waals surface area contributed by atoms with Crippen molar-refractivity contribution in [2.75, 3.05) is 0 Å². The van der Waals surface area contributed by atoms with Crippen molar-refractivity contribution < 1.29 is 4.79 Å². The van der Waals surface area contributed by atoms with Crippen molar-refractivity contribution in [3.63, 3.8) is 0 Å². The molecule has 0 aliphatic heterocycles. The first-order valence-corrected chi connectivity index (χ1v) is 3.77. The molecular weight excluding hydrogens is 168 g/mol. The summed E-state index contributed by atoms with van der Waals surface area (Å²) in [7, 11) is 1.74. The lowest BCUT2D eigenvalue weighted by atomic mass is 10.2. The number of carbonyl (C=O) groups excluding carboxylic acids is 1. The van der Waals surface area contributed by atoms with Gasteiger partial charge in [-0.1, -0.05) is 0 Å². The lowest BCUT2D eigenvalue weighted by Gasteiger charge is -1.94. The van der Waals surface area contributed by atoms with Gasteiger partial charge < -0.3 is 16.1 Å². The minimum atomic E-state index is -0.460. The van der Waals surface area contributed by atoms with Gasteiger partial charge in [0.25, 0.3) is 5.91 Å². The maximum Gasteiger partial charge on any atom is 0.265 e. The summed E-state index contributed by atoms with van der Waals surface area (Å²) in [6.45, 7) is 1.76. The van der Waals surface area contributed by atoms with Crippen LogP contribution in [0.5, 0.6) is 0 Å². The maximum absolute atomic E-state index is 10.9. The highest BCUT2D eigenvalue weighted by Gasteiger charge is 2.09. The molecule has 0 bridgehead atoms. The Balaban J connectivity index is 3.16. The fraction of sp³-hybridized carbons (Fsp3) is 0.250. The average molecular weight is 180 g/mol. The Morgan fingerprint density at radius 2 is 2.23 bits per heavy atom. The molecule has 1 aromatic heterocycles. The van der Waals surface area contributed by atoms with Gasteiger partial charge in [-0.05, 0) is 13.0 Å². The van der Waals surface area contributed by atoms with Gasteiger partial charge >= 0.3 is 0 Å². The third kappa shape index (κ3) is 1.69. The van der Waals surface area contributed by atoms with Crippen molar-refractivity contribution in [1.82, 2.24) is 4.57 Å². The van der Waals surface area contributed by atoms with Crippen molar-refractivity contribution in [1.29, 1.82) is 0 Å². The van der Waals surface area contributed by atoms with E-state index < -0.39 is 5.91 Å². The van der Waals surface area contributed by atoms with E-state index in [2.05, 4.69) is 5.10 Å². The first-order valence-electron chi connectivity index (χ1n) is 3.77. The van der Waals surface area contributed by atoms with Crippen LogP contribution in [0, 0.1) is 0 Å². The maximum atomic E-state index is 10.9. The third-order valence-corrected chi connectivity index (χ3v) is 1.87. The van der Waals surface area contributed by atoms with Crippen LogP contribution in [-0.2, 0) is 7.05 Å². The van der Waals surface area contributed by atoms with Gasteiger partial charge in [0.1, 0.15) is 5.69 Å². The Labute approximate surface area is 76.0 Å². The van der Waals surface area contributed by atoms with E-state index >= 15 is 0 Å². The fourth-order valence-corrected chi connectivity index (χ4v) is 1.08. The monoisotopic (exact) mass is 180 g/mol. The number of rotatable bonds is 2. The van der Waals surface area contributed by atoms with Crippen molar-refractivity contribution in [2.24, 2.45) is 23.7 Å². The van der Waals surface area contributed by atoms with Gasteiger partial charge in [0, 0.05) is 18.8 Å². The van der Waals surface area contributed by atoms with Gasteiger partial charge in [0.2, 0.25) is 0 Å². The molecule has 0 unspecified atom stereocenters. The van der Waals surface area contributed by atoms with Crippen molar-refractivity contribution >= 4 is 11.6 Å². The van der Waals surface area contributed by atoms with E-state index in [0.29, 0.717) is 11.4 Å². The summed E-state index contributed by atoms with van der Waals surface area (Å²) in [4.78, 5) is 10.9. The zero-order valence-electron chi connectivity index (χ0n) is 7.61. The lowest BCUT2D eigenvalue weighted by molar-refractivity contribution is 0.0992. The minimum Gasteiger partial charge on any atom is -0.364 e. The molecule has 0 fully saturated rings.